The molecular weight excluding hydrogens is 828 g/mol. The van der Waals surface area contributed by atoms with E-state index in [1.165, 1.54) is 5.56 Å². The molecule has 1 aromatic heterocycles. The van der Waals surface area contributed by atoms with Gasteiger partial charge in [-0.3, -0.25) is 14.6 Å². The minimum absolute atomic E-state index is 0.0585. The van der Waals surface area contributed by atoms with Crippen LogP contribution in [0.25, 0.3) is 0 Å². The Labute approximate surface area is 354 Å². The van der Waals surface area contributed by atoms with E-state index in [4.69, 9.17) is 23.6 Å². The van der Waals surface area contributed by atoms with Crippen LogP contribution >= 0.6 is 28.0 Å². The number of carbonyl (C=O) groups excluding carboxylic acids is 3. The first kappa shape index (κ1) is 45.4. The van der Waals surface area contributed by atoms with E-state index >= 15 is 0 Å². The molecule has 1 aromatic carbocycles. The molecule has 2 atom stereocenters. The zero-order valence-corrected chi connectivity index (χ0v) is 36.7. The van der Waals surface area contributed by atoms with Gasteiger partial charge in [0.15, 0.2) is 5.71 Å². The lowest BCUT2D eigenvalue weighted by Gasteiger charge is -2.30. The lowest BCUT2D eigenvalue weighted by molar-refractivity contribution is -0.777. The second-order valence-electron chi connectivity index (χ2n) is 15.2. The Hall–Kier alpha value is -3.70. The van der Waals surface area contributed by atoms with E-state index in [1.807, 2.05) is 31.2 Å². The number of hydrogen-bond acceptors (Lipinski definition) is 12. The van der Waals surface area contributed by atoms with Crippen LogP contribution < -0.4 is 14.7 Å². The normalized spacial score (nSPS) is 21.0. The highest BCUT2D eigenvalue weighted by molar-refractivity contribution is 9.10. The van der Waals surface area contributed by atoms with Gasteiger partial charge in [-0.05, 0) is 115 Å². The van der Waals surface area contributed by atoms with Gasteiger partial charge in [0.2, 0.25) is 0 Å². The van der Waals surface area contributed by atoms with E-state index in [2.05, 4.69) is 81.7 Å². The predicted octanol–water partition coefficient (Wildman–Crippen LogP) is 7.43. The van der Waals surface area contributed by atoms with Crippen molar-refractivity contribution in [2.45, 2.75) is 114 Å². The molecule has 1 saturated heterocycles. The van der Waals surface area contributed by atoms with Crippen molar-refractivity contribution in [1.82, 2.24) is 5.06 Å². The van der Waals surface area contributed by atoms with Crippen LogP contribution in [0.4, 0.5) is 11.5 Å². The quantitative estimate of drug-likeness (QED) is 0.0222. The summed E-state index contributed by atoms with van der Waals surface area (Å²) in [4.78, 5) is 49.5. The smallest absolute Gasteiger partial charge is 0.333 e. The van der Waals surface area contributed by atoms with Crippen molar-refractivity contribution in [2.24, 2.45) is 4.99 Å². The van der Waals surface area contributed by atoms with Gasteiger partial charge in [0.25, 0.3) is 11.8 Å². The van der Waals surface area contributed by atoms with Crippen molar-refractivity contribution >= 4 is 63.0 Å². The molecule has 5 rings (SSSR count). The number of methoxy groups -OCH3 is 2. The largest absolute Gasteiger partial charge is 0.691 e. The van der Waals surface area contributed by atoms with Crippen LogP contribution in [0.1, 0.15) is 102 Å². The highest BCUT2D eigenvalue weighted by atomic mass is 79.9. The van der Waals surface area contributed by atoms with Gasteiger partial charge >= 0.3 is 11.8 Å². The summed E-state index contributed by atoms with van der Waals surface area (Å²) >= 11 is 4.61. The first-order chi connectivity index (χ1) is 27.9. The second-order valence-corrected chi connectivity index (χ2v) is 16.9. The number of aryl methyl sites for hydroxylation is 2. The first-order valence-electron chi connectivity index (χ1n) is 19.9. The summed E-state index contributed by atoms with van der Waals surface area (Å²) < 4.78 is 19.2. The van der Waals surface area contributed by atoms with Gasteiger partial charge < -0.3 is 24.5 Å². The van der Waals surface area contributed by atoms with Crippen LogP contribution in [0.5, 0.6) is 0 Å². The number of pyridine rings is 1. The van der Waals surface area contributed by atoms with Crippen LogP contribution in [0.15, 0.2) is 74.8 Å². The van der Waals surface area contributed by atoms with E-state index in [9.17, 15) is 19.6 Å². The summed E-state index contributed by atoms with van der Waals surface area (Å²) in [6.45, 7) is 11.3. The van der Waals surface area contributed by atoms with E-state index < -0.39 is 23.2 Å². The number of hydrogen-bond donors (Lipinski definition) is 0. The maximum absolute atomic E-state index is 12.5. The number of amides is 2. The van der Waals surface area contributed by atoms with Crippen LogP contribution in [-0.2, 0) is 55.4 Å². The fourth-order valence-corrected chi connectivity index (χ4v) is 8.91. The Kier molecular flexibility index (Phi) is 16.4. The third-order valence-corrected chi connectivity index (χ3v) is 12.2. The lowest BCUT2D eigenvalue weighted by atomic mass is 9.77. The number of anilines is 1. The zero-order chi connectivity index (χ0) is 41.9. The monoisotopic (exact) mass is 882 g/mol. The summed E-state index contributed by atoms with van der Waals surface area (Å²) in [5, 5.41) is 15.0. The summed E-state index contributed by atoms with van der Waals surface area (Å²) in [6, 6.07) is 6.19. The second kappa shape index (κ2) is 21.0. The Morgan fingerprint density at radius 3 is 2.40 bits per heavy atom. The number of rotatable bonds is 22. The standard InChI is InChI=1S/C43H55BrN4O9S/c1-7-8-22-46-29-31(44)27-34-41(46)45-35(42(34,3)20-24-53-5)15-11-9-12-16-36-43(4,21-25-54-6)33-28-32(58-57-56-52)26-30(2)40(33)47(36)23-14-10-13-17-39(51)55-48-37(49)18-19-38(48)50/h9,11-12,15-16,26-29H,7-8,10,13-14,17-25H2,1-6H3. The third-order valence-electron chi connectivity index (χ3n) is 11.2. The molecule has 1 fully saturated rings. The van der Waals surface area contributed by atoms with Crippen LogP contribution in [-0.4, -0.2) is 62.5 Å². The number of aromatic nitrogens is 1. The topological polar surface area (TPSA) is 143 Å². The summed E-state index contributed by atoms with van der Waals surface area (Å²) in [7, 11) is 3.42. The molecule has 15 heteroatoms. The summed E-state index contributed by atoms with van der Waals surface area (Å²) in [6.07, 6.45) is 18.3. The first-order valence-corrected chi connectivity index (χ1v) is 21.4. The van der Waals surface area contributed by atoms with E-state index in [-0.39, 0.29) is 24.7 Å². The molecule has 0 bridgehead atoms. The van der Waals surface area contributed by atoms with Gasteiger partial charge in [-0.15, -0.1) is 5.06 Å². The average molecular weight is 884 g/mol. The van der Waals surface area contributed by atoms with E-state index in [0.717, 1.165) is 87.7 Å². The number of nitrogens with zero attached hydrogens (tertiary/aromatic N) is 4. The van der Waals surface area contributed by atoms with Crippen LogP contribution in [0, 0.1) is 6.92 Å². The molecule has 3 aliphatic rings. The fourth-order valence-electron chi connectivity index (χ4n) is 7.94. The van der Waals surface area contributed by atoms with Gasteiger partial charge in [-0.2, -0.15) is 4.33 Å². The van der Waals surface area contributed by atoms with Crippen molar-refractivity contribution in [3.05, 3.63) is 81.6 Å². The molecule has 2 unspecified atom stereocenters. The fraction of sp³-hybridized carbons (Fsp3) is 0.512. The lowest BCUT2D eigenvalue weighted by Crippen LogP contribution is -2.36. The number of ether oxygens (including phenoxy) is 2. The molecule has 3 aliphatic heterocycles. The Morgan fingerprint density at radius 1 is 0.983 bits per heavy atom. The van der Waals surface area contributed by atoms with E-state index in [0.29, 0.717) is 44.1 Å². The third kappa shape index (κ3) is 10.4. The maximum Gasteiger partial charge on any atom is 0.333 e. The minimum atomic E-state index is -0.596. The molecule has 0 aliphatic carbocycles. The number of unbranched alkanes of at least 4 members (excludes halogenated alkanes) is 3. The van der Waals surface area contributed by atoms with Crippen molar-refractivity contribution in [3.8, 4) is 0 Å². The number of carbonyl (C=O) groups is 3. The van der Waals surface area contributed by atoms with Crippen LogP contribution in [0.3, 0.4) is 0 Å². The number of allylic oxidation sites excluding steroid dienone is 6. The highest BCUT2D eigenvalue weighted by Gasteiger charge is 2.46. The van der Waals surface area contributed by atoms with Gasteiger partial charge in [-0.25, -0.2) is 9.36 Å². The van der Waals surface area contributed by atoms with Crippen LogP contribution in [0.2, 0.25) is 0 Å². The van der Waals surface area contributed by atoms with Gasteiger partial charge in [0.05, 0.1) is 34.0 Å². The van der Waals surface area contributed by atoms with Gasteiger partial charge in [0.1, 0.15) is 6.20 Å². The molecule has 314 valence electrons. The number of benzene rings is 1. The van der Waals surface area contributed by atoms with Gasteiger partial charge in [-0.1, -0.05) is 38.0 Å². The Balaban J connectivity index is 1.40. The zero-order valence-electron chi connectivity index (χ0n) is 34.3. The number of fused-ring (bicyclic) bond motifs is 2. The molecule has 2 aromatic rings. The SMILES string of the molecule is CCCC[n+]1cc(Br)cc2c1N=C(/C=C/C=C/C=C1/N(CCCCCC(=O)ON3C(=O)CCC3=O)c3c(C)cc(SOO[O-])cc3C1(C)CCOC)C2(C)CCOC. The van der Waals surface area contributed by atoms with Crippen molar-refractivity contribution < 1.29 is 47.9 Å². The molecule has 0 N–H and O–H groups in total. The molecule has 4 heterocycles. The maximum atomic E-state index is 12.5. The summed E-state index contributed by atoms with van der Waals surface area (Å²) in [5.41, 5.74) is 5.60. The molecule has 0 spiro atoms. The number of hydroxylamine groups is 2. The van der Waals surface area contributed by atoms with Crippen molar-refractivity contribution in [1.29, 1.82) is 0 Å². The summed E-state index contributed by atoms with van der Waals surface area (Å²) in [5.74, 6) is -0.583. The molecule has 13 nitrogen and oxygen atoms in total. The number of halogens is 1. The highest BCUT2D eigenvalue weighted by Crippen LogP contribution is 2.52. The molecule has 2 amide bonds. The Bertz CT molecular complexity index is 1940. The minimum Gasteiger partial charge on any atom is -0.691 e. The molecule has 58 heavy (non-hydrogen) atoms. The molecular formula is C43H55BrN4O9S. The molecule has 0 radical (unpaired) electrons. The van der Waals surface area contributed by atoms with Crippen molar-refractivity contribution in [3.63, 3.8) is 0 Å². The predicted molar refractivity (Wildman–Crippen MR) is 223 cm³/mol. The average Bonchev–Trinajstić information content (AvgIpc) is 3.76. The van der Waals surface area contributed by atoms with E-state index in [1.54, 1.807) is 14.2 Å². The Morgan fingerprint density at radius 2 is 1.71 bits per heavy atom. The van der Waals surface area contributed by atoms with Crippen molar-refractivity contribution in [2.75, 3.05) is 38.9 Å². The molecule has 0 saturated carbocycles. The number of aliphatic imine (C=N–C) groups is 1. The van der Waals surface area contributed by atoms with Gasteiger partial charge in [0, 0.05) is 74.9 Å². The number of imide groups is 1.